The summed E-state index contributed by atoms with van der Waals surface area (Å²) < 4.78 is 5.05. The van der Waals surface area contributed by atoms with Crippen LogP contribution in [0.5, 0.6) is 0 Å². The molecule has 0 aromatic carbocycles. The van der Waals surface area contributed by atoms with Gasteiger partial charge in [-0.1, -0.05) is 13.3 Å². The predicted octanol–water partition coefficient (Wildman–Crippen LogP) is 0.489. The van der Waals surface area contributed by atoms with Crippen molar-refractivity contribution in [3.8, 4) is 0 Å². The van der Waals surface area contributed by atoms with E-state index in [1.54, 1.807) is 0 Å². The summed E-state index contributed by atoms with van der Waals surface area (Å²) in [5.41, 5.74) is 0. The summed E-state index contributed by atoms with van der Waals surface area (Å²) in [6.07, 6.45) is 2.18. The summed E-state index contributed by atoms with van der Waals surface area (Å²) in [4.78, 5) is 24.0. The Hall–Kier alpha value is -1.10. The quantitative estimate of drug-likeness (QED) is 0.741. The number of rotatable bonds is 4. The van der Waals surface area contributed by atoms with E-state index in [0.717, 1.165) is 12.8 Å². The smallest absolute Gasteiger partial charge is 0.328 e. The number of carbonyl (C=O) groups excluding carboxylic acids is 1. The van der Waals surface area contributed by atoms with Crippen molar-refractivity contribution in [3.05, 3.63) is 0 Å². The number of unbranched alkanes of at least 4 members (excludes halogenated alkanes) is 1. The minimum absolute atomic E-state index is 0.0763. The number of amides is 1. The molecule has 0 saturated carbocycles. The molecule has 1 unspecified atom stereocenters. The summed E-state index contributed by atoms with van der Waals surface area (Å²) >= 11 is 0. The molecule has 0 aromatic heterocycles. The van der Waals surface area contributed by atoms with Gasteiger partial charge in [0.25, 0.3) is 0 Å². The summed E-state index contributed by atoms with van der Waals surface area (Å²) in [6.45, 7) is 2.93. The minimum Gasteiger partial charge on any atom is -0.480 e. The molecule has 1 atom stereocenters. The highest BCUT2D eigenvalue weighted by molar-refractivity contribution is 5.83. The van der Waals surface area contributed by atoms with Crippen LogP contribution in [0.25, 0.3) is 0 Å². The number of nitrogens with zero attached hydrogens (tertiary/aromatic N) is 1. The van der Waals surface area contributed by atoms with Crippen molar-refractivity contribution >= 4 is 11.9 Å². The van der Waals surface area contributed by atoms with E-state index < -0.39 is 12.0 Å². The van der Waals surface area contributed by atoms with Crippen molar-refractivity contribution in [1.82, 2.24) is 4.90 Å². The van der Waals surface area contributed by atoms with Crippen molar-refractivity contribution in [3.63, 3.8) is 0 Å². The first-order valence-electron chi connectivity index (χ1n) is 5.26. The summed E-state index contributed by atoms with van der Waals surface area (Å²) in [7, 11) is 0. The van der Waals surface area contributed by atoms with Crippen molar-refractivity contribution in [2.45, 2.75) is 32.2 Å². The molecule has 15 heavy (non-hydrogen) atoms. The standard InChI is InChI=1S/C10H17NO4/c1-2-3-4-9(12)11-5-6-15-7-8(11)10(13)14/h8H,2-7H2,1H3,(H,13,14). The lowest BCUT2D eigenvalue weighted by Gasteiger charge is -2.32. The van der Waals surface area contributed by atoms with Gasteiger partial charge in [0.05, 0.1) is 13.2 Å². The molecule has 1 heterocycles. The average Bonchev–Trinajstić information content (AvgIpc) is 2.25. The van der Waals surface area contributed by atoms with Gasteiger partial charge in [-0.2, -0.15) is 0 Å². The molecule has 1 N–H and O–H groups in total. The summed E-state index contributed by atoms with van der Waals surface area (Å²) in [6, 6.07) is -0.803. The van der Waals surface area contributed by atoms with Gasteiger partial charge < -0.3 is 14.7 Å². The van der Waals surface area contributed by atoms with Gasteiger partial charge in [-0.15, -0.1) is 0 Å². The van der Waals surface area contributed by atoms with E-state index in [0.29, 0.717) is 19.6 Å². The number of morpholine rings is 1. The highest BCUT2D eigenvalue weighted by Gasteiger charge is 2.31. The second-order valence-corrected chi connectivity index (χ2v) is 3.62. The number of hydrogen-bond acceptors (Lipinski definition) is 3. The molecule has 0 aromatic rings. The number of ether oxygens (including phenoxy) is 1. The first-order chi connectivity index (χ1) is 7.16. The van der Waals surface area contributed by atoms with Crippen LogP contribution >= 0.6 is 0 Å². The molecule has 1 saturated heterocycles. The molecule has 0 radical (unpaired) electrons. The molecule has 1 amide bonds. The van der Waals surface area contributed by atoms with Crippen LogP contribution in [0, 0.1) is 0 Å². The Balaban J connectivity index is 2.55. The average molecular weight is 215 g/mol. The third-order valence-corrected chi connectivity index (χ3v) is 2.48. The van der Waals surface area contributed by atoms with Crippen LogP contribution in [-0.4, -0.2) is 47.7 Å². The first kappa shape index (κ1) is 12.0. The second-order valence-electron chi connectivity index (χ2n) is 3.62. The molecular weight excluding hydrogens is 198 g/mol. The molecule has 0 bridgehead atoms. The normalized spacial score (nSPS) is 21.4. The zero-order valence-corrected chi connectivity index (χ0v) is 8.94. The number of aliphatic carboxylic acids is 1. The van der Waals surface area contributed by atoms with Gasteiger partial charge in [0.1, 0.15) is 0 Å². The van der Waals surface area contributed by atoms with Crippen molar-refractivity contribution in [2.24, 2.45) is 0 Å². The highest BCUT2D eigenvalue weighted by Crippen LogP contribution is 2.10. The van der Waals surface area contributed by atoms with Gasteiger partial charge in [0, 0.05) is 13.0 Å². The van der Waals surface area contributed by atoms with E-state index in [1.165, 1.54) is 4.90 Å². The van der Waals surface area contributed by atoms with Gasteiger partial charge in [0.15, 0.2) is 6.04 Å². The third kappa shape index (κ3) is 3.20. The van der Waals surface area contributed by atoms with Crippen molar-refractivity contribution in [2.75, 3.05) is 19.8 Å². The van der Waals surface area contributed by atoms with Crippen LogP contribution < -0.4 is 0 Å². The van der Waals surface area contributed by atoms with Crippen LogP contribution in [0.3, 0.4) is 0 Å². The largest absolute Gasteiger partial charge is 0.480 e. The highest BCUT2D eigenvalue weighted by atomic mass is 16.5. The lowest BCUT2D eigenvalue weighted by atomic mass is 10.1. The number of carbonyl (C=O) groups is 2. The maximum absolute atomic E-state index is 11.7. The molecule has 5 nitrogen and oxygen atoms in total. The fourth-order valence-electron chi connectivity index (χ4n) is 1.58. The van der Waals surface area contributed by atoms with Gasteiger partial charge in [-0.25, -0.2) is 4.79 Å². The van der Waals surface area contributed by atoms with Crippen LogP contribution in [-0.2, 0) is 14.3 Å². The minimum atomic E-state index is -0.987. The Kier molecular flexibility index (Phi) is 4.55. The van der Waals surface area contributed by atoms with Crippen molar-refractivity contribution < 1.29 is 19.4 Å². The second kappa shape index (κ2) is 5.70. The Bertz CT molecular complexity index is 242. The first-order valence-corrected chi connectivity index (χ1v) is 5.26. The Morgan fingerprint density at radius 2 is 2.27 bits per heavy atom. The topological polar surface area (TPSA) is 66.8 Å². The Labute approximate surface area is 89.0 Å². The molecule has 1 aliphatic rings. The van der Waals surface area contributed by atoms with Gasteiger partial charge in [-0.05, 0) is 6.42 Å². The van der Waals surface area contributed by atoms with E-state index in [9.17, 15) is 9.59 Å². The van der Waals surface area contributed by atoms with E-state index >= 15 is 0 Å². The fourth-order valence-corrected chi connectivity index (χ4v) is 1.58. The van der Waals surface area contributed by atoms with Crippen molar-refractivity contribution in [1.29, 1.82) is 0 Å². The van der Waals surface area contributed by atoms with E-state index in [4.69, 9.17) is 9.84 Å². The molecule has 0 spiro atoms. The number of carboxylic acids is 1. The Morgan fingerprint density at radius 1 is 1.53 bits per heavy atom. The molecular formula is C10H17NO4. The summed E-state index contributed by atoms with van der Waals surface area (Å²) in [5, 5.41) is 8.91. The number of hydrogen-bond donors (Lipinski definition) is 1. The maximum atomic E-state index is 11.7. The maximum Gasteiger partial charge on any atom is 0.328 e. The van der Waals surface area contributed by atoms with Gasteiger partial charge in [0.2, 0.25) is 5.91 Å². The SMILES string of the molecule is CCCCC(=O)N1CCOCC1C(=O)O. The van der Waals surface area contributed by atoms with Gasteiger partial charge in [-0.3, -0.25) is 4.79 Å². The van der Waals surface area contributed by atoms with E-state index in [-0.39, 0.29) is 12.5 Å². The van der Waals surface area contributed by atoms with Crippen LogP contribution in [0.1, 0.15) is 26.2 Å². The fraction of sp³-hybridized carbons (Fsp3) is 0.800. The molecule has 1 rings (SSSR count). The lowest BCUT2D eigenvalue weighted by molar-refractivity contribution is -0.158. The molecule has 1 fully saturated rings. The van der Waals surface area contributed by atoms with Crippen LogP contribution in [0.2, 0.25) is 0 Å². The number of carboxylic acid groups (broad SMARTS) is 1. The monoisotopic (exact) mass is 215 g/mol. The predicted molar refractivity (Wildman–Crippen MR) is 53.5 cm³/mol. The molecule has 5 heteroatoms. The molecule has 86 valence electrons. The zero-order valence-electron chi connectivity index (χ0n) is 8.94. The summed E-state index contributed by atoms with van der Waals surface area (Å²) in [5.74, 6) is -1.06. The lowest BCUT2D eigenvalue weighted by Crippen LogP contribution is -2.52. The van der Waals surface area contributed by atoms with Crippen LogP contribution in [0.15, 0.2) is 0 Å². The van der Waals surface area contributed by atoms with E-state index in [1.807, 2.05) is 6.92 Å². The Morgan fingerprint density at radius 3 is 2.87 bits per heavy atom. The van der Waals surface area contributed by atoms with E-state index in [2.05, 4.69) is 0 Å². The molecule has 0 aliphatic carbocycles. The zero-order chi connectivity index (χ0) is 11.3. The van der Waals surface area contributed by atoms with Gasteiger partial charge >= 0.3 is 5.97 Å². The third-order valence-electron chi connectivity index (χ3n) is 2.48. The molecule has 1 aliphatic heterocycles. The van der Waals surface area contributed by atoms with Crippen LogP contribution in [0.4, 0.5) is 0 Å².